The lowest BCUT2D eigenvalue weighted by Crippen LogP contribution is -2.40. The monoisotopic (exact) mass is 1410 g/mol. The first-order chi connectivity index (χ1) is 50.5. The largest absolute Gasteiger partial charge is 0.490 e. The van der Waals surface area contributed by atoms with Gasteiger partial charge in [0, 0.05) is 62.0 Å². The van der Waals surface area contributed by atoms with E-state index in [2.05, 4.69) is 41.8 Å². The maximum absolute atomic E-state index is 12.5. The molecule has 2 amide bonds. The van der Waals surface area contributed by atoms with Crippen molar-refractivity contribution in [3.05, 3.63) is 208 Å². The van der Waals surface area contributed by atoms with Gasteiger partial charge in [-0.3, -0.25) is 9.59 Å². The summed E-state index contributed by atoms with van der Waals surface area (Å²) in [5.41, 5.74) is 31.3. The van der Waals surface area contributed by atoms with Crippen LogP contribution in [-0.2, 0) is 14.4 Å². The van der Waals surface area contributed by atoms with E-state index >= 15 is 0 Å². The average Bonchev–Trinajstić information content (AvgIpc) is 1.63. The molecule has 3 atom stereocenters. The summed E-state index contributed by atoms with van der Waals surface area (Å²) in [5, 5.41) is 27.5. The number of carboxylic acids is 1. The molecule has 12 aromatic rings. The number of amides is 2. The van der Waals surface area contributed by atoms with Crippen molar-refractivity contribution >= 4 is 68.3 Å². The fourth-order valence-electron chi connectivity index (χ4n) is 12.4. The van der Waals surface area contributed by atoms with E-state index in [9.17, 15) is 22.8 Å². The Balaban J connectivity index is 0.000000140. The summed E-state index contributed by atoms with van der Waals surface area (Å²) in [6, 6.07) is 52.5. The van der Waals surface area contributed by atoms with Crippen LogP contribution in [0.25, 0.3) is 66.9 Å². The molecule has 0 spiro atoms. The van der Waals surface area contributed by atoms with Crippen LogP contribution < -0.4 is 42.5 Å². The third-order valence-corrected chi connectivity index (χ3v) is 17.4. The molecule has 10 N–H and O–H groups in total. The highest BCUT2D eigenvalue weighted by molar-refractivity contribution is 6.00. The maximum atomic E-state index is 12.5. The van der Waals surface area contributed by atoms with Crippen LogP contribution in [0.2, 0.25) is 0 Å². The van der Waals surface area contributed by atoms with Gasteiger partial charge in [-0.1, -0.05) is 67.3 Å². The molecule has 0 aliphatic carbocycles. The van der Waals surface area contributed by atoms with E-state index in [4.69, 9.17) is 62.3 Å². The standard InChI is InChI=1S/C26H27N7O2.C25H24N6O2.C22H22N6O.C2HF3O2/c27-14-4-9-22(34)32-15-5-6-19(16-32)33-26-23(25(28)29-17-30-26)24(31-33)18-10-12-21(13-11-18)35-20-7-2-1-3-8-20;1-2-21(32)30-14-6-7-18(15-30)31-25-22(24(26)27-16-28-25)23(29-31)17-10-12-20(13-11-17)33-19-8-4-3-5-9-19;23-21-19-20(15-8-10-18(11-9-15)29-17-6-2-1-3-7-17)27-28(22(19)26-14-25-21)16-5-4-12-24-13-16;3-2(4,5)1(6)7/h1-4,7-13,17,19H,5-6,14-16,27H2,(H2,28,29,30);2-5,8-13,16,18H,1,6-7,14-15H2,(H2,26,27,28);1-3,6-11,14,16,24H,4-5,12-13H2,(H2,23,25,26);(H,6,7)/b9-4+;;;/t19-;18-;16-;/m111./s1. The number of hydrogen-bond donors (Lipinski definition) is 6. The van der Waals surface area contributed by atoms with Gasteiger partial charge in [-0.2, -0.15) is 28.5 Å². The highest BCUT2D eigenvalue weighted by Crippen LogP contribution is 2.39. The normalized spacial score (nSPS) is 15.9. The summed E-state index contributed by atoms with van der Waals surface area (Å²) in [4.78, 5) is 63.3. The van der Waals surface area contributed by atoms with E-state index < -0.39 is 12.1 Å². The molecule has 3 fully saturated rings. The van der Waals surface area contributed by atoms with E-state index in [1.165, 1.54) is 31.1 Å². The number of rotatable bonds is 15. The number of piperidine rings is 3. The molecule has 0 radical (unpaired) electrons. The van der Waals surface area contributed by atoms with Gasteiger partial charge < -0.3 is 57.4 Å². The van der Waals surface area contributed by atoms with Gasteiger partial charge in [-0.15, -0.1) is 0 Å². The fraction of sp³-hybridized carbons (Fsp3) is 0.227. The van der Waals surface area contributed by atoms with Crippen LogP contribution in [0.5, 0.6) is 34.5 Å². The Hall–Kier alpha value is -12.6. The maximum Gasteiger partial charge on any atom is 0.490 e. The zero-order valence-corrected chi connectivity index (χ0v) is 56.3. The summed E-state index contributed by atoms with van der Waals surface area (Å²) in [6.07, 6.45) is 9.60. The number of ether oxygens (including phenoxy) is 3. The molecule has 0 bridgehead atoms. The molecule has 0 unspecified atom stereocenters. The number of benzene rings is 6. The van der Waals surface area contributed by atoms with Gasteiger partial charge in [0.1, 0.15) is 88.0 Å². The van der Waals surface area contributed by atoms with Crippen molar-refractivity contribution < 1.29 is 46.9 Å². The van der Waals surface area contributed by atoms with E-state index in [1.807, 2.05) is 183 Å². The van der Waals surface area contributed by atoms with Crippen molar-refractivity contribution in [1.82, 2.24) is 74.4 Å². The summed E-state index contributed by atoms with van der Waals surface area (Å²) in [5.74, 6) is 2.89. The number of hydrogen-bond acceptors (Lipinski definition) is 20. The molecular formula is C75H74F3N19O7. The van der Waals surface area contributed by atoms with Crippen LogP contribution >= 0.6 is 0 Å². The number of aliphatic carboxylic acids is 1. The SMILES string of the molecule is C=CC(=O)N1CCC[C@@H](n2nc(-c3ccc(Oc4ccccc4)cc3)c3c(N)ncnc32)C1.NC/C=C/C(=O)N1CCC[C@@H](n2nc(-c3ccc(Oc4ccccc4)cc3)c3c(N)ncnc32)C1.Nc1ncnc2c1c(-c1ccc(Oc3ccccc3)cc1)nn2[C@@H]1CCCNC1.O=C(O)C(F)(F)F. The van der Waals surface area contributed by atoms with Gasteiger partial charge in [0.05, 0.1) is 34.3 Å². The fourth-order valence-corrected chi connectivity index (χ4v) is 12.4. The minimum absolute atomic E-state index is 0.00566. The molecular weight excluding hydrogens is 1340 g/mol. The molecule has 9 heterocycles. The Labute approximate surface area is 594 Å². The molecule has 6 aromatic carbocycles. The molecule has 104 heavy (non-hydrogen) atoms. The third-order valence-electron chi connectivity index (χ3n) is 17.4. The lowest BCUT2D eigenvalue weighted by atomic mass is 10.1. The van der Waals surface area contributed by atoms with Crippen molar-refractivity contribution in [3.63, 3.8) is 0 Å². The minimum atomic E-state index is -5.08. The second-order valence-electron chi connectivity index (χ2n) is 24.4. The second-order valence-corrected chi connectivity index (χ2v) is 24.4. The van der Waals surface area contributed by atoms with Crippen LogP contribution in [0.3, 0.4) is 0 Å². The van der Waals surface area contributed by atoms with Gasteiger partial charge in [0.15, 0.2) is 16.9 Å². The minimum Gasteiger partial charge on any atom is -0.475 e. The number of nitrogens with zero attached hydrogens (tertiary/aromatic N) is 14. The molecule has 29 heteroatoms. The summed E-state index contributed by atoms with van der Waals surface area (Å²) < 4.78 is 55.2. The number of anilines is 3. The van der Waals surface area contributed by atoms with Crippen molar-refractivity contribution in [2.75, 3.05) is 63.0 Å². The first-order valence-electron chi connectivity index (χ1n) is 33.6. The predicted octanol–water partition coefficient (Wildman–Crippen LogP) is 12.2. The van der Waals surface area contributed by atoms with Crippen LogP contribution in [-0.4, -0.2) is 144 Å². The van der Waals surface area contributed by atoms with Crippen LogP contribution in [0.1, 0.15) is 56.7 Å². The van der Waals surface area contributed by atoms with Gasteiger partial charge in [-0.05, 0) is 160 Å². The molecule has 15 rings (SSSR count). The highest BCUT2D eigenvalue weighted by Gasteiger charge is 2.38. The summed E-state index contributed by atoms with van der Waals surface area (Å²) in [7, 11) is 0. The van der Waals surface area contributed by atoms with Crippen LogP contribution in [0, 0.1) is 0 Å². The number of carbonyl (C=O) groups excluding carboxylic acids is 2. The second kappa shape index (κ2) is 32.8. The Bertz CT molecular complexity index is 4960. The molecule has 0 saturated carbocycles. The topological polar surface area (TPSA) is 353 Å². The van der Waals surface area contributed by atoms with Gasteiger partial charge in [-0.25, -0.2) is 48.7 Å². The van der Waals surface area contributed by atoms with Crippen LogP contribution in [0.15, 0.2) is 208 Å². The molecule has 26 nitrogen and oxygen atoms in total. The van der Waals surface area contributed by atoms with Crippen molar-refractivity contribution in [3.8, 4) is 68.3 Å². The Morgan fingerprint density at radius 2 is 0.837 bits per heavy atom. The Morgan fingerprint density at radius 1 is 0.500 bits per heavy atom. The third kappa shape index (κ3) is 16.9. The number of halogens is 3. The number of likely N-dealkylation sites (tertiary alicyclic amines) is 2. The number of alkyl halides is 3. The molecule has 532 valence electrons. The summed E-state index contributed by atoms with van der Waals surface area (Å²) in [6.45, 7) is 8.38. The number of para-hydroxylation sites is 3. The van der Waals surface area contributed by atoms with Crippen molar-refractivity contribution in [1.29, 1.82) is 0 Å². The zero-order valence-electron chi connectivity index (χ0n) is 56.3. The number of carboxylic acid groups (broad SMARTS) is 1. The first-order valence-corrected chi connectivity index (χ1v) is 33.6. The molecule has 3 saturated heterocycles. The van der Waals surface area contributed by atoms with Crippen LogP contribution in [0.4, 0.5) is 30.6 Å². The molecule has 3 aliphatic rings. The number of nitrogen functional groups attached to an aromatic ring is 3. The predicted molar refractivity (Wildman–Crippen MR) is 388 cm³/mol. The Morgan fingerprint density at radius 3 is 1.16 bits per heavy atom. The molecule has 3 aliphatic heterocycles. The van der Waals surface area contributed by atoms with E-state index in [0.717, 1.165) is 120 Å². The zero-order chi connectivity index (χ0) is 72.7. The smallest absolute Gasteiger partial charge is 0.475 e. The molecule has 6 aromatic heterocycles. The first kappa shape index (κ1) is 71.2. The lowest BCUT2D eigenvalue weighted by molar-refractivity contribution is -0.192. The summed E-state index contributed by atoms with van der Waals surface area (Å²) >= 11 is 0. The van der Waals surface area contributed by atoms with E-state index in [1.54, 1.807) is 11.0 Å². The number of nitrogens with two attached hydrogens (primary N) is 4. The average molecular weight is 1410 g/mol. The number of aromatic nitrogens is 12. The van der Waals surface area contributed by atoms with Gasteiger partial charge in [0.25, 0.3) is 0 Å². The van der Waals surface area contributed by atoms with Gasteiger partial charge in [0.2, 0.25) is 11.8 Å². The van der Waals surface area contributed by atoms with Crippen molar-refractivity contribution in [2.45, 2.75) is 62.8 Å². The number of nitrogens with one attached hydrogen (secondary N) is 1. The Kier molecular flexibility index (Phi) is 22.4. The van der Waals surface area contributed by atoms with Crippen molar-refractivity contribution in [2.24, 2.45) is 5.73 Å². The highest BCUT2D eigenvalue weighted by atomic mass is 19.4. The number of carbonyl (C=O) groups is 3. The van der Waals surface area contributed by atoms with E-state index in [-0.39, 0.29) is 29.9 Å². The lowest BCUT2D eigenvalue weighted by Gasteiger charge is -2.32. The number of fused-ring (bicyclic) bond motifs is 3. The van der Waals surface area contributed by atoms with E-state index in [0.29, 0.717) is 83.6 Å². The van der Waals surface area contributed by atoms with Gasteiger partial charge >= 0.3 is 12.1 Å². The quantitative estimate of drug-likeness (QED) is 0.0519.